The number of carbonyl (C=O) groups excluding carboxylic acids is 1. The summed E-state index contributed by atoms with van der Waals surface area (Å²) in [6.45, 7) is 0.492. The molecule has 1 aromatic heterocycles. The number of hydrogen-bond donors (Lipinski definition) is 2. The van der Waals surface area contributed by atoms with Crippen LogP contribution in [-0.2, 0) is 6.42 Å². The molecule has 3 aromatic rings. The summed E-state index contributed by atoms with van der Waals surface area (Å²) in [5.74, 6) is 1.92. The quantitative estimate of drug-likeness (QED) is 0.554. The Morgan fingerprint density at radius 2 is 1.83 bits per heavy atom. The number of anilines is 2. The van der Waals surface area contributed by atoms with Gasteiger partial charge in [0.1, 0.15) is 22.9 Å². The minimum Gasteiger partial charge on any atom is -0.497 e. The number of para-hydroxylation sites is 1. The van der Waals surface area contributed by atoms with E-state index in [-0.39, 0.29) is 5.91 Å². The van der Waals surface area contributed by atoms with Crippen LogP contribution in [0.2, 0.25) is 0 Å². The normalized spacial score (nSPS) is 10.3. The Morgan fingerprint density at radius 1 is 1.03 bits per heavy atom. The summed E-state index contributed by atoms with van der Waals surface area (Å²) in [5.41, 5.74) is 2.15. The number of rotatable bonds is 9. The molecule has 8 heteroatoms. The lowest BCUT2D eigenvalue weighted by atomic mass is 10.1. The zero-order chi connectivity index (χ0) is 20.6. The molecule has 1 heterocycles. The van der Waals surface area contributed by atoms with Gasteiger partial charge in [-0.05, 0) is 30.2 Å². The van der Waals surface area contributed by atoms with Crippen LogP contribution in [0, 0.1) is 0 Å². The van der Waals surface area contributed by atoms with Crippen LogP contribution in [0.1, 0.15) is 16.1 Å². The van der Waals surface area contributed by atoms with E-state index in [1.54, 1.807) is 32.8 Å². The largest absolute Gasteiger partial charge is 0.497 e. The van der Waals surface area contributed by atoms with E-state index >= 15 is 0 Å². The van der Waals surface area contributed by atoms with Crippen LogP contribution >= 0.6 is 11.3 Å². The third-order valence-corrected chi connectivity index (χ3v) is 5.02. The van der Waals surface area contributed by atoms with E-state index in [1.807, 2.05) is 36.4 Å². The number of ether oxygens (including phenoxy) is 3. The van der Waals surface area contributed by atoms with Gasteiger partial charge in [-0.2, -0.15) is 0 Å². The Kier molecular flexibility index (Phi) is 6.91. The lowest BCUT2D eigenvalue weighted by Gasteiger charge is -2.10. The molecular formula is C21H23N3O4S. The molecule has 0 bridgehead atoms. The molecule has 152 valence electrons. The molecule has 0 saturated heterocycles. The molecule has 2 N–H and O–H groups in total. The van der Waals surface area contributed by atoms with Crippen LogP contribution in [-0.4, -0.2) is 38.8 Å². The highest BCUT2D eigenvalue weighted by Crippen LogP contribution is 2.32. The summed E-state index contributed by atoms with van der Waals surface area (Å²) in [7, 11) is 4.82. The molecule has 0 unspecified atom stereocenters. The highest BCUT2D eigenvalue weighted by Gasteiger charge is 2.13. The predicted octanol–water partition coefficient (Wildman–Crippen LogP) is 3.89. The van der Waals surface area contributed by atoms with Crippen molar-refractivity contribution in [3.05, 3.63) is 59.1 Å². The van der Waals surface area contributed by atoms with Crippen molar-refractivity contribution >= 4 is 28.1 Å². The Labute approximate surface area is 173 Å². The second kappa shape index (κ2) is 9.79. The number of nitrogens with zero attached hydrogens (tertiary/aromatic N) is 1. The van der Waals surface area contributed by atoms with Crippen molar-refractivity contribution in [2.24, 2.45) is 0 Å². The van der Waals surface area contributed by atoms with Gasteiger partial charge in [0, 0.05) is 18.0 Å². The SMILES string of the molecule is COc1ccc(Nc2nc(C(=O)NCCc3ccccc3OC)cs2)c(OC)c1. The van der Waals surface area contributed by atoms with Gasteiger partial charge in [0.2, 0.25) is 0 Å². The molecule has 2 aromatic carbocycles. The van der Waals surface area contributed by atoms with Crippen molar-refractivity contribution < 1.29 is 19.0 Å². The first-order valence-corrected chi connectivity index (χ1v) is 9.87. The minimum atomic E-state index is -0.217. The topological polar surface area (TPSA) is 81.7 Å². The van der Waals surface area contributed by atoms with E-state index in [9.17, 15) is 4.79 Å². The van der Waals surface area contributed by atoms with E-state index in [1.165, 1.54) is 11.3 Å². The van der Waals surface area contributed by atoms with E-state index in [0.717, 1.165) is 17.0 Å². The molecule has 0 aliphatic heterocycles. The lowest BCUT2D eigenvalue weighted by Crippen LogP contribution is -2.26. The van der Waals surface area contributed by atoms with Crippen LogP contribution in [0.25, 0.3) is 0 Å². The predicted molar refractivity (Wildman–Crippen MR) is 114 cm³/mol. The molecule has 7 nitrogen and oxygen atoms in total. The van der Waals surface area contributed by atoms with Crippen molar-refractivity contribution in [3.8, 4) is 17.2 Å². The Morgan fingerprint density at radius 3 is 2.59 bits per heavy atom. The first-order chi connectivity index (χ1) is 14.1. The van der Waals surface area contributed by atoms with Gasteiger partial charge in [0.15, 0.2) is 5.13 Å². The van der Waals surface area contributed by atoms with Crippen molar-refractivity contribution in [2.45, 2.75) is 6.42 Å². The van der Waals surface area contributed by atoms with E-state index in [4.69, 9.17) is 14.2 Å². The van der Waals surface area contributed by atoms with Gasteiger partial charge in [-0.15, -0.1) is 11.3 Å². The lowest BCUT2D eigenvalue weighted by molar-refractivity contribution is 0.0950. The number of benzene rings is 2. The number of amides is 1. The summed E-state index contributed by atoms with van der Waals surface area (Å²) in [4.78, 5) is 16.8. The second-order valence-electron chi connectivity index (χ2n) is 6.05. The fraction of sp³-hybridized carbons (Fsp3) is 0.238. The average Bonchev–Trinajstić information content (AvgIpc) is 3.23. The molecule has 0 spiro atoms. The molecular weight excluding hydrogens is 390 g/mol. The number of nitrogens with one attached hydrogen (secondary N) is 2. The zero-order valence-corrected chi connectivity index (χ0v) is 17.3. The minimum absolute atomic E-state index is 0.217. The van der Waals surface area contributed by atoms with Crippen molar-refractivity contribution in [2.75, 3.05) is 33.2 Å². The zero-order valence-electron chi connectivity index (χ0n) is 16.5. The summed E-state index contributed by atoms with van der Waals surface area (Å²) >= 11 is 1.35. The average molecular weight is 413 g/mol. The summed E-state index contributed by atoms with van der Waals surface area (Å²) in [6, 6.07) is 13.2. The second-order valence-corrected chi connectivity index (χ2v) is 6.90. The van der Waals surface area contributed by atoms with Gasteiger partial charge in [-0.3, -0.25) is 4.79 Å². The van der Waals surface area contributed by atoms with Gasteiger partial charge in [0.05, 0.1) is 27.0 Å². The van der Waals surface area contributed by atoms with E-state index in [2.05, 4.69) is 15.6 Å². The molecule has 0 saturated carbocycles. The Hall–Kier alpha value is -3.26. The Balaban J connectivity index is 1.59. The summed E-state index contributed by atoms with van der Waals surface area (Å²) < 4.78 is 15.9. The molecule has 0 radical (unpaired) electrons. The van der Waals surface area contributed by atoms with Gasteiger partial charge in [-0.1, -0.05) is 18.2 Å². The molecule has 3 rings (SSSR count). The van der Waals surface area contributed by atoms with Crippen molar-refractivity contribution in [3.63, 3.8) is 0 Å². The summed E-state index contributed by atoms with van der Waals surface area (Å²) in [5, 5.41) is 8.39. The maximum atomic E-state index is 12.4. The van der Waals surface area contributed by atoms with Gasteiger partial charge in [0.25, 0.3) is 5.91 Å². The number of thiazole rings is 1. The van der Waals surface area contributed by atoms with Crippen molar-refractivity contribution in [1.82, 2.24) is 10.3 Å². The molecule has 0 atom stereocenters. The van der Waals surface area contributed by atoms with E-state index < -0.39 is 0 Å². The van der Waals surface area contributed by atoms with Gasteiger partial charge >= 0.3 is 0 Å². The van der Waals surface area contributed by atoms with Crippen LogP contribution < -0.4 is 24.8 Å². The third kappa shape index (κ3) is 5.17. The first kappa shape index (κ1) is 20.5. The maximum absolute atomic E-state index is 12.4. The fourth-order valence-electron chi connectivity index (χ4n) is 2.76. The molecule has 0 fully saturated rings. The molecule has 29 heavy (non-hydrogen) atoms. The fourth-order valence-corrected chi connectivity index (χ4v) is 3.47. The van der Waals surface area contributed by atoms with Crippen LogP contribution in [0.3, 0.4) is 0 Å². The Bertz CT molecular complexity index is 974. The first-order valence-electron chi connectivity index (χ1n) is 8.99. The number of hydrogen-bond acceptors (Lipinski definition) is 7. The number of methoxy groups -OCH3 is 3. The number of aromatic nitrogens is 1. The smallest absolute Gasteiger partial charge is 0.270 e. The standard InChI is InChI=1S/C21H23N3O4S/c1-26-15-8-9-16(19(12-15)28-3)23-21-24-17(13-29-21)20(25)22-11-10-14-6-4-5-7-18(14)27-2/h4-9,12-13H,10-11H2,1-3H3,(H,22,25)(H,23,24). The van der Waals surface area contributed by atoms with E-state index in [0.29, 0.717) is 35.3 Å². The van der Waals surface area contributed by atoms with Gasteiger partial charge < -0.3 is 24.8 Å². The van der Waals surface area contributed by atoms with Crippen LogP contribution in [0.5, 0.6) is 17.2 Å². The molecule has 0 aliphatic rings. The van der Waals surface area contributed by atoms with Crippen LogP contribution in [0.15, 0.2) is 47.8 Å². The highest BCUT2D eigenvalue weighted by atomic mass is 32.1. The third-order valence-electron chi connectivity index (χ3n) is 4.26. The van der Waals surface area contributed by atoms with Crippen molar-refractivity contribution in [1.29, 1.82) is 0 Å². The monoisotopic (exact) mass is 413 g/mol. The molecule has 1 amide bonds. The maximum Gasteiger partial charge on any atom is 0.270 e. The van der Waals surface area contributed by atoms with Crippen LogP contribution in [0.4, 0.5) is 10.8 Å². The van der Waals surface area contributed by atoms with Gasteiger partial charge in [-0.25, -0.2) is 4.98 Å². The summed E-state index contributed by atoms with van der Waals surface area (Å²) in [6.07, 6.45) is 0.675. The molecule has 0 aliphatic carbocycles. The number of carbonyl (C=O) groups is 1. The highest BCUT2D eigenvalue weighted by molar-refractivity contribution is 7.14.